The summed E-state index contributed by atoms with van der Waals surface area (Å²) in [7, 11) is 0. The molecule has 0 bridgehead atoms. The lowest BCUT2D eigenvalue weighted by Crippen LogP contribution is -2.41. The maximum absolute atomic E-state index is 12.4. The highest BCUT2D eigenvalue weighted by Gasteiger charge is 2.33. The number of likely N-dealkylation sites (tertiary alicyclic amines) is 1. The number of nitrogens with zero attached hydrogens (tertiary/aromatic N) is 1. The van der Waals surface area contributed by atoms with Crippen molar-refractivity contribution in [2.24, 2.45) is 0 Å². The first-order chi connectivity index (χ1) is 10.1. The number of fused-ring (bicyclic) bond motifs is 1. The van der Waals surface area contributed by atoms with E-state index in [1.807, 2.05) is 23.6 Å². The van der Waals surface area contributed by atoms with Gasteiger partial charge in [0.15, 0.2) is 0 Å². The van der Waals surface area contributed by atoms with Crippen molar-refractivity contribution in [1.82, 2.24) is 4.90 Å². The molecular weight excluding hydrogens is 310 g/mol. The van der Waals surface area contributed by atoms with Crippen molar-refractivity contribution in [2.75, 3.05) is 6.54 Å². The average molecular weight is 324 g/mol. The zero-order chi connectivity index (χ0) is 15.0. The number of hydrogen-bond acceptors (Lipinski definition) is 3. The third-order valence-electron chi connectivity index (χ3n) is 3.82. The highest BCUT2D eigenvalue weighted by molar-refractivity contribution is 7.17. The lowest BCUT2D eigenvalue weighted by molar-refractivity contribution is -0.147. The summed E-state index contributed by atoms with van der Waals surface area (Å²) in [5, 5.41) is 12.7. The van der Waals surface area contributed by atoms with Crippen molar-refractivity contribution in [3.63, 3.8) is 0 Å². The van der Waals surface area contributed by atoms with Crippen LogP contribution in [0.1, 0.15) is 18.4 Å². The molecule has 1 aliphatic rings. The van der Waals surface area contributed by atoms with Gasteiger partial charge in [0.05, 0.1) is 6.42 Å². The summed E-state index contributed by atoms with van der Waals surface area (Å²) >= 11 is 7.58. The SMILES string of the molecule is O=C(O)[C@@H]1CCCN1C(=O)Cc1csc2ccc(Cl)cc12. The van der Waals surface area contributed by atoms with Crippen LogP contribution in [0.2, 0.25) is 5.02 Å². The van der Waals surface area contributed by atoms with Crippen molar-refractivity contribution in [1.29, 1.82) is 0 Å². The minimum Gasteiger partial charge on any atom is -0.480 e. The molecule has 1 aliphatic heterocycles. The summed E-state index contributed by atoms with van der Waals surface area (Å²) in [6.45, 7) is 0.526. The summed E-state index contributed by atoms with van der Waals surface area (Å²) < 4.78 is 1.08. The third-order valence-corrected chi connectivity index (χ3v) is 5.06. The van der Waals surface area contributed by atoms with Gasteiger partial charge in [0.2, 0.25) is 5.91 Å². The van der Waals surface area contributed by atoms with Crippen molar-refractivity contribution in [2.45, 2.75) is 25.3 Å². The maximum atomic E-state index is 12.4. The first-order valence-corrected chi connectivity index (χ1v) is 8.00. The number of carboxylic acid groups (broad SMARTS) is 1. The summed E-state index contributed by atoms with van der Waals surface area (Å²) in [5.74, 6) is -1.04. The van der Waals surface area contributed by atoms with Gasteiger partial charge in [0.1, 0.15) is 6.04 Å². The third kappa shape index (κ3) is 2.76. The fourth-order valence-electron chi connectivity index (χ4n) is 2.78. The van der Waals surface area contributed by atoms with Crippen LogP contribution < -0.4 is 0 Å². The van der Waals surface area contributed by atoms with Gasteiger partial charge in [-0.15, -0.1) is 11.3 Å². The Balaban J connectivity index is 1.83. The van der Waals surface area contributed by atoms with E-state index in [0.29, 0.717) is 18.0 Å². The van der Waals surface area contributed by atoms with Gasteiger partial charge in [-0.05, 0) is 47.4 Å². The van der Waals surface area contributed by atoms with Crippen LogP contribution in [0.3, 0.4) is 0 Å². The van der Waals surface area contributed by atoms with Gasteiger partial charge in [0.25, 0.3) is 0 Å². The predicted molar refractivity (Wildman–Crippen MR) is 82.9 cm³/mol. The molecule has 1 saturated heterocycles. The fraction of sp³-hybridized carbons (Fsp3) is 0.333. The highest BCUT2D eigenvalue weighted by Crippen LogP contribution is 2.30. The zero-order valence-corrected chi connectivity index (χ0v) is 12.8. The minimum atomic E-state index is -0.918. The molecule has 6 heteroatoms. The van der Waals surface area contributed by atoms with Crippen molar-refractivity contribution in [3.8, 4) is 0 Å². The lowest BCUT2D eigenvalue weighted by atomic mass is 10.1. The summed E-state index contributed by atoms with van der Waals surface area (Å²) in [5.41, 5.74) is 0.915. The summed E-state index contributed by atoms with van der Waals surface area (Å²) in [6, 6.07) is 4.94. The van der Waals surface area contributed by atoms with Gasteiger partial charge in [-0.2, -0.15) is 0 Å². The van der Waals surface area contributed by atoms with Crippen LogP contribution in [0.25, 0.3) is 10.1 Å². The number of benzene rings is 1. The molecule has 21 heavy (non-hydrogen) atoms. The van der Waals surface area contributed by atoms with Crippen molar-refractivity contribution < 1.29 is 14.7 Å². The van der Waals surface area contributed by atoms with E-state index in [0.717, 1.165) is 22.1 Å². The molecule has 1 fully saturated rings. The van der Waals surface area contributed by atoms with E-state index in [9.17, 15) is 9.59 Å². The van der Waals surface area contributed by atoms with Gasteiger partial charge in [0, 0.05) is 16.3 Å². The molecule has 1 amide bonds. The van der Waals surface area contributed by atoms with E-state index in [2.05, 4.69) is 0 Å². The monoisotopic (exact) mass is 323 g/mol. The fourth-order valence-corrected chi connectivity index (χ4v) is 3.89. The Morgan fingerprint density at radius 3 is 3.00 bits per heavy atom. The van der Waals surface area contributed by atoms with Gasteiger partial charge < -0.3 is 10.0 Å². The van der Waals surface area contributed by atoms with Crippen molar-refractivity contribution >= 4 is 44.9 Å². The van der Waals surface area contributed by atoms with Crippen LogP contribution >= 0.6 is 22.9 Å². The second-order valence-corrected chi connectivity index (χ2v) is 6.51. The normalized spacial score (nSPS) is 18.3. The van der Waals surface area contributed by atoms with E-state index in [4.69, 9.17) is 16.7 Å². The Kier molecular flexibility index (Phi) is 3.87. The van der Waals surface area contributed by atoms with E-state index < -0.39 is 12.0 Å². The quantitative estimate of drug-likeness (QED) is 0.943. The standard InChI is InChI=1S/C15H14ClNO3S/c16-10-3-4-13-11(7-10)9(8-21-13)6-14(18)17-5-1-2-12(17)15(19)20/h3-4,7-8,12H,1-2,5-6H2,(H,19,20)/t12-/m0/s1. The number of aliphatic carboxylic acids is 1. The molecule has 0 unspecified atom stereocenters. The number of amides is 1. The molecule has 110 valence electrons. The Bertz CT molecular complexity index is 712. The molecule has 0 saturated carbocycles. The number of halogens is 1. The molecular formula is C15H14ClNO3S. The number of thiophene rings is 1. The molecule has 4 nitrogen and oxygen atoms in total. The Morgan fingerprint density at radius 2 is 2.24 bits per heavy atom. The molecule has 1 aromatic carbocycles. The maximum Gasteiger partial charge on any atom is 0.326 e. The number of carboxylic acids is 1. The summed E-state index contributed by atoms with van der Waals surface area (Å²) in [4.78, 5) is 25.0. The number of carbonyl (C=O) groups is 2. The van der Waals surface area contributed by atoms with Crippen LogP contribution in [0.15, 0.2) is 23.6 Å². The molecule has 2 heterocycles. The minimum absolute atomic E-state index is 0.125. The Morgan fingerprint density at radius 1 is 1.43 bits per heavy atom. The van der Waals surface area contributed by atoms with Gasteiger partial charge in [-0.25, -0.2) is 4.79 Å². The number of rotatable bonds is 3. The lowest BCUT2D eigenvalue weighted by Gasteiger charge is -2.21. The second kappa shape index (κ2) is 5.66. The number of hydrogen-bond donors (Lipinski definition) is 1. The number of carbonyl (C=O) groups excluding carboxylic acids is 1. The molecule has 0 radical (unpaired) electrons. The Hall–Kier alpha value is -1.59. The van der Waals surface area contributed by atoms with E-state index in [1.165, 1.54) is 4.90 Å². The topological polar surface area (TPSA) is 57.6 Å². The zero-order valence-electron chi connectivity index (χ0n) is 11.2. The molecule has 3 rings (SSSR count). The predicted octanol–water partition coefficient (Wildman–Crippen LogP) is 3.17. The molecule has 0 aliphatic carbocycles. The Labute approximate surface area is 130 Å². The van der Waals surface area contributed by atoms with Crippen LogP contribution in [0, 0.1) is 0 Å². The average Bonchev–Trinajstić information content (AvgIpc) is 3.06. The first-order valence-electron chi connectivity index (χ1n) is 6.74. The molecule has 1 N–H and O–H groups in total. The first kappa shape index (κ1) is 14.4. The summed E-state index contributed by atoms with van der Waals surface area (Å²) in [6.07, 6.45) is 1.51. The van der Waals surface area contributed by atoms with Gasteiger partial charge >= 0.3 is 5.97 Å². The second-order valence-electron chi connectivity index (χ2n) is 5.16. The van der Waals surface area contributed by atoms with Crippen molar-refractivity contribution in [3.05, 3.63) is 34.2 Å². The van der Waals surface area contributed by atoms with Crippen LogP contribution in [-0.2, 0) is 16.0 Å². The largest absolute Gasteiger partial charge is 0.480 e. The molecule has 2 aromatic rings. The van der Waals surface area contributed by atoms with E-state index >= 15 is 0 Å². The van der Waals surface area contributed by atoms with E-state index in [-0.39, 0.29) is 12.3 Å². The smallest absolute Gasteiger partial charge is 0.326 e. The van der Waals surface area contributed by atoms with E-state index in [1.54, 1.807) is 11.3 Å². The molecule has 0 spiro atoms. The van der Waals surface area contributed by atoms with Crippen LogP contribution in [-0.4, -0.2) is 34.5 Å². The highest BCUT2D eigenvalue weighted by atomic mass is 35.5. The molecule has 1 atom stereocenters. The molecule has 1 aromatic heterocycles. The van der Waals surface area contributed by atoms with Gasteiger partial charge in [-0.3, -0.25) is 4.79 Å². The van der Waals surface area contributed by atoms with Crippen LogP contribution in [0.5, 0.6) is 0 Å². The van der Waals surface area contributed by atoms with Crippen LogP contribution in [0.4, 0.5) is 0 Å². The van der Waals surface area contributed by atoms with Gasteiger partial charge in [-0.1, -0.05) is 11.6 Å².